The lowest BCUT2D eigenvalue weighted by Gasteiger charge is -2.26. The number of nitrogens with one attached hydrogen (secondary N) is 1. The molecule has 3 heterocycles. The SMILES string of the molecule is Cc1cc(-c2cc(NC3CCC4=C(C3)c3ccccc3C4)n3nccc3n2)cnc1C. The number of hydrogen-bond acceptors (Lipinski definition) is 4. The number of allylic oxidation sites excluding steroid dienone is 1. The fourth-order valence-corrected chi connectivity index (χ4v) is 4.97. The number of fused-ring (bicyclic) bond motifs is 3. The Morgan fingerprint density at radius 1 is 1.10 bits per heavy atom. The Labute approximate surface area is 181 Å². The van der Waals surface area contributed by atoms with E-state index in [1.807, 2.05) is 29.9 Å². The van der Waals surface area contributed by atoms with Crippen LogP contribution in [0.25, 0.3) is 22.5 Å². The molecule has 0 fully saturated rings. The molecule has 31 heavy (non-hydrogen) atoms. The second-order valence-electron chi connectivity index (χ2n) is 8.75. The van der Waals surface area contributed by atoms with E-state index in [-0.39, 0.29) is 0 Å². The minimum absolute atomic E-state index is 0.380. The lowest BCUT2D eigenvalue weighted by atomic mass is 9.88. The van der Waals surface area contributed by atoms with E-state index in [0.29, 0.717) is 6.04 Å². The third kappa shape index (κ3) is 3.12. The second-order valence-corrected chi connectivity index (χ2v) is 8.75. The number of rotatable bonds is 3. The lowest BCUT2D eigenvalue weighted by Crippen LogP contribution is -2.24. The summed E-state index contributed by atoms with van der Waals surface area (Å²) in [6.45, 7) is 4.13. The molecule has 1 N–H and O–H groups in total. The molecular formula is C26H25N5. The second kappa shape index (κ2) is 7.05. The van der Waals surface area contributed by atoms with Crippen LogP contribution < -0.4 is 5.32 Å². The van der Waals surface area contributed by atoms with Gasteiger partial charge in [0.2, 0.25) is 0 Å². The largest absolute Gasteiger partial charge is 0.367 e. The molecule has 0 bridgehead atoms. The molecule has 0 aliphatic heterocycles. The predicted octanol–water partition coefficient (Wildman–Crippen LogP) is 5.38. The van der Waals surface area contributed by atoms with E-state index in [2.05, 4.69) is 58.7 Å². The molecule has 0 amide bonds. The van der Waals surface area contributed by atoms with Crippen LogP contribution in [0, 0.1) is 13.8 Å². The van der Waals surface area contributed by atoms with Crippen molar-refractivity contribution < 1.29 is 0 Å². The number of hydrogen-bond donors (Lipinski definition) is 1. The van der Waals surface area contributed by atoms with Crippen molar-refractivity contribution in [3.8, 4) is 11.3 Å². The van der Waals surface area contributed by atoms with E-state index < -0.39 is 0 Å². The topological polar surface area (TPSA) is 55.1 Å². The first-order chi connectivity index (χ1) is 15.2. The first-order valence-corrected chi connectivity index (χ1v) is 11.0. The zero-order valence-electron chi connectivity index (χ0n) is 17.9. The quantitative estimate of drug-likeness (QED) is 0.495. The van der Waals surface area contributed by atoms with E-state index in [4.69, 9.17) is 4.98 Å². The molecule has 154 valence electrons. The van der Waals surface area contributed by atoms with Crippen LogP contribution in [-0.2, 0) is 6.42 Å². The molecule has 3 aromatic heterocycles. The standard InChI is InChI=1S/C26H25N5/c1-16-11-20(15-27-17(16)2)24-14-26(31-25(30-24)9-10-28-31)29-21-8-7-19-12-18-5-3-4-6-22(18)23(19)13-21/h3-6,9-11,14-15,21,29H,7-8,12-13H2,1-2H3. The van der Waals surface area contributed by atoms with Crippen LogP contribution in [-0.4, -0.2) is 25.6 Å². The molecule has 0 spiro atoms. The zero-order valence-corrected chi connectivity index (χ0v) is 17.9. The van der Waals surface area contributed by atoms with Crippen LogP contribution in [0.5, 0.6) is 0 Å². The number of aromatic nitrogens is 4. The zero-order chi connectivity index (χ0) is 20.9. The third-order valence-electron chi connectivity index (χ3n) is 6.77. The van der Waals surface area contributed by atoms with Gasteiger partial charge in [0, 0.05) is 35.6 Å². The fraction of sp³-hybridized carbons (Fsp3) is 0.269. The Hall–Kier alpha value is -3.47. The summed E-state index contributed by atoms with van der Waals surface area (Å²) in [7, 11) is 0. The van der Waals surface area contributed by atoms with Gasteiger partial charge in [-0.3, -0.25) is 4.98 Å². The van der Waals surface area contributed by atoms with Gasteiger partial charge in [-0.1, -0.05) is 29.8 Å². The summed E-state index contributed by atoms with van der Waals surface area (Å²) in [5.74, 6) is 0.989. The summed E-state index contributed by atoms with van der Waals surface area (Å²) in [5.41, 5.74) is 11.1. The highest BCUT2D eigenvalue weighted by Gasteiger charge is 2.28. The van der Waals surface area contributed by atoms with E-state index in [1.165, 1.54) is 16.7 Å². The Balaban J connectivity index is 1.34. The van der Waals surface area contributed by atoms with Crippen molar-refractivity contribution in [1.29, 1.82) is 0 Å². The van der Waals surface area contributed by atoms with E-state index in [1.54, 1.807) is 11.1 Å². The maximum atomic E-state index is 4.82. The predicted molar refractivity (Wildman–Crippen MR) is 124 cm³/mol. The number of pyridine rings is 1. The van der Waals surface area contributed by atoms with Crippen molar-refractivity contribution in [3.05, 3.63) is 82.8 Å². The van der Waals surface area contributed by atoms with Gasteiger partial charge in [-0.15, -0.1) is 0 Å². The molecule has 1 aromatic carbocycles. The summed E-state index contributed by atoms with van der Waals surface area (Å²) in [6.07, 6.45) is 8.19. The van der Waals surface area contributed by atoms with Gasteiger partial charge >= 0.3 is 0 Å². The number of aryl methyl sites for hydroxylation is 2. The molecule has 0 radical (unpaired) electrons. The Kier molecular flexibility index (Phi) is 4.16. The highest BCUT2D eigenvalue weighted by molar-refractivity contribution is 5.78. The Morgan fingerprint density at radius 3 is 2.90 bits per heavy atom. The van der Waals surface area contributed by atoms with Crippen molar-refractivity contribution in [3.63, 3.8) is 0 Å². The van der Waals surface area contributed by atoms with Gasteiger partial charge in [-0.25, -0.2) is 4.98 Å². The molecule has 1 atom stereocenters. The lowest BCUT2D eigenvalue weighted by molar-refractivity contribution is 0.629. The molecule has 2 aliphatic carbocycles. The van der Waals surface area contributed by atoms with Crippen molar-refractivity contribution in [2.24, 2.45) is 0 Å². The summed E-state index contributed by atoms with van der Waals surface area (Å²) < 4.78 is 1.91. The molecule has 5 heteroatoms. The molecule has 0 saturated carbocycles. The molecule has 4 aromatic rings. The first kappa shape index (κ1) is 18.3. The fourth-order valence-electron chi connectivity index (χ4n) is 4.97. The van der Waals surface area contributed by atoms with E-state index in [9.17, 15) is 0 Å². The molecule has 1 unspecified atom stereocenters. The van der Waals surface area contributed by atoms with Crippen LogP contribution in [0.4, 0.5) is 5.82 Å². The maximum absolute atomic E-state index is 4.82. The van der Waals surface area contributed by atoms with Gasteiger partial charge in [0.05, 0.1) is 11.9 Å². The molecular weight excluding hydrogens is 382 g/mol. The van der Waals surface area contributed by atoms with Crippen LogP contribution in [0.15, 0.2) is 60.4 Å². The van der Waals surface area contributed by atoms with Gasteiger partial charge in [0.25, 0.3) is 0 Å². The van der Waals surface area contributed by atoms with Crippen molar-refractivity contribution in [2.75, 3.05) is 5.32 Å². The Morgan fingerprint density at radius 2 is 2.00 bits per heavy atom. The summed E-state index contributed by atoms with van der Waals surface area (Å²) in [4.78, 5) is 9.36. The van der Waals surface area contributed by atoms with Gasteiger partial charge in [-0.2, -0.15) is 9.61 Å². The van der Waals surface area contributed by atoms with Crippen LogP contribution in [0.2, 0.25) is 0 Å². The molecule has 0 saturated heterocycles. The highest BCUT2D eigenvalue weighted by Crippen LogP contribution is 2.42. The van der Waals surface area contributed by atoms with Crippen LogP contribution in [0.1, 0.15) is 41.6 Å². The average molecular weight is 408 g/mol. The third-order valence-corrected chi connectivity index (χ3v) is 6.77. The van der Waals surface area contributed by atoms with Crippen molar-refractivity contribution >= 4 is 17.0 Å². The number of anilines is 1. The van der Waals surface area contributed by atoms with Crippen LogP contribution in [0.3, 0.4) is 0 Å². The number of benzene rings is 1. The van der Waals surface area contributed by atoms with Gasteiger partial charge in [0.15, 0.2) is 5.65 Å². The maximum Gasteiger partial charge on any atom is 0.157 e. The number of nitrogens with zero attached hydrogens (tertiary/aromatic N) is 4. The highest BCUT2D eigenvalue weighted by atomic mass is 15.3. The van der Waals surface area contributed by atoms with Gasteiger partial charge in [-0.05, 0) is 67.9 Å². The van der Waals surface area contributed by atoms with Gasteiger partial charge in [0.1, 0.15) is 5.82 Å². The average Bonchev–Trinajstić information content (AvgIpc) is 3.40. The normalized spacial score (nSPS) is 17.7. The minimum Gasteiger partial charge on any atom is -0.367 e. The first-order valence-electron chi connectivity index (χ1n) is 11.0. The summed E-state index contributed by atoms with van der Waals surface area (Å²) in [6, 6.07) is 15.5. The van der Waals surface area contributed by atoms with E-state index in [0.717, 1.165) is 54.1 Å². The molecule has 2 aliphatic rings. The summed E-state index contributed by atoms with van der Waals surface area (Å²) in [5, 5.41) is 8.31. The van der Waals surface area contributed by atoms with Gasteiger partial charge < -0.3 is 5.32 Å². The molecule has 6 rings (SSSR count). The molecule has 5 nitrogen and oxygen atoms in total. The Bertz CT molecular complexity index is 1350. The van der Waals surface area contributed by atoms with Crippen molar-refractivity contribution in [1.82, 2.24) is 19.6 Å². The smallest absolute Gasteiger partial charge is 0.157 e. The minimum atomic E-state index is 0.380. The van der Waals surface area contributed by atoms with Crippen LogP contribution >= 0.6 is 0 Å². The van der Waals surface area contributed by atoms with E-state index >= 15 is 0 Å². The summed E-state index contributed by atoms with van der Waals surface area (Å²) >= 11 is 0. The van der Waals surface area contributed by atoms with Crippen molar-refractivity contribution in [2.45, 2.75) is 45.6 Å². The monoisotopic (exact) mass is 407 g/mol.